The van der Waals surface area contributed by atoms with Gasteiger partial charge < -0.3 is 5.32 Å². The second-order valence-corrected chi connectivity index (χ2v) is 5.67. The predicted molar refractivity (Wildman–Crippen MR) is 65.0 cm³/mol. The van der Waals surface area contributed by atoms with Crippen LogP contribution >= 0.6 is 15.9 Å². The van der Waals surface area contributed by atoms with Gasteiger partial charge in [-0.05, 0) is 37.5 Å². The summed E-state index contributed by atoms with van der Waals surface area (Å²) in [5.74, 6) is 1.64. The van der Waals surface area contributed by atoms with Crippen molar-refractivity contribution in [2.75, 3.05) is 5.33 Å². The van der Waals surface area contributed by atoms with Gasteiger partial charge in [-0.25, -0.2) is 0 Å². The molecule has 2 unspecified atom stereocenters. The summed E-state index contributed by atoms with van der Waals surface area (Å²) in [6, 6.07) is 0.442. The minimum Gasteiger partial charge on any atom is -0.353 e. The Hall–Kier alpha value is -0.0500. The second kappa shape index (κ2) is 5.33. The first-order chi connectivity index (χ1) is 7.29. The molecule has 0 radical (unpaired) electrons. The minimum atomic E-state index is 0.289. The molecule has 2 nitrogen and oxygen atoms in total. The Morgan fingerprint density at radius 1 is 1.20 bits per heavy atom. The second-order valence-electron chi connectivity index (χ2n) is 5.02. The summed E-state index contributed by atoms with van der Waals surface area (Å²) in [5.41, 5.74) is 0. The van der Waals surface area contributed by atoms with E-state index in [1.54, 1.807) is 0 Å². The number of alkyl halides is 1. The number of nitrogens with one attached hydrogen (secondary N) is 1. The molecule has 2 aliphatic carbocycles. The molecule has 2 saturated carbocycles. The van der Waals surface area contributed by atoms with Crippen LogP contribution in [0.3, 0.4) is 0 Å². The van der Waals surface area contributed by atoms with Gasteiger partial charge >= 0.3 is 0 Å². The monoisotopic (exact) mass is 273 g/mol. The van der Waals surface area contributed by atoms with Crippen molar-refractivity contribution < 1.29 is 4.79 Å². The zero-order valence-electron chi connectivity index (χ0n) is 9.18. The normalized spacial score (nSPS) is 31.3. The number of hydrogen-bond acceptors (Lipinski definition) is 1. The molecule has 0 aromatic rings. The van der Waals surface area contributed by atoms with Gasteiger partial charge in [0.2, 0.25) is 5.91 Å². The van der Waals surface area contributed by atoms with E-state index >= 15 is 0 Å². The highest BCUT2D eigenvalue weighted by Crippen LogP contribution is 2.30. The summed E-state index contributed by atoms with van der Waals surface area (Å²) in [7, 11) is 0. The van der Waals surface area contributed by atoms with Gasteiger partial charge in [-0.1, -0.05) is 28.8 Å². The number of carbonyl (C=O) groups is 1. The van der Waals surface area contributed by atoms with E-state index in [0.717, 1.165) is 11.8 Å². The lowest BCUT2D eigenvalue weighted by atomic mass is 9.83. The average Bonchev–Trinajstić information content (AvgIpc) is 2.59. The van der Waals surface area contributed by atoms with E-state index in [0.29, 0.717) is 17.9 Å². The van der Waals surface area contributed by atoms with Crippen LogP contribution in [0.4, 0.5) is 0 Å². The lowest BCUT2D eigenvalue weighted by molar-refractivity contribution is -0.123. The Balaban J connectivity index is 1.72. The Kier molecular flexibility index (Phi) is 4.06. The Bertz CT molecular complexity index is 228. The van der Waals surface area contributed by atoms with Crippen LogP contribution in [0.5, 0.6) is 0 Å². The van der Waals surface area contributed by atoms with Crippen LogP contribution in [-0.2, 0) is 4.79 Å². The summed E-state index contributed by atoms with van der Waals surface area (Å²) in [6.07, 6.45) is 8.33. The largest absolute Gasteiger partial charge is 0.353 e. The first-order valence-corrected chi connectivity index (χ1v) is 7.27. The summed E-state index contributed by atoms with van der Waals surface area (Å²) < 4.78 is 0. The molecule has 1 amide bonds. The number of carbonyl (C=O) groups excluding carboxylic acids is 1. The maximum atomic E-state index is 11.7. The lowest BCUT2D eigenvalue weighted by Gasteiger charge is -2.26. The van der Waals surface area contributed by atoms with Gasteiger partial charge in [0.25, 0.3) is 0 Å². The Labute approximate surface area is 100 Å². The van der Waals surface area contributed by atoms with E-state index in [-0.39, 0.29) is 5.91 Å². The van der Waals surface area contributed by atoms with Crippen molar-refractivity contribution in [1.82, 2.24) is 5.32 Å². The highest BCUT2D eigenvalue weighted by atomic mass is 79.9. The first-order valence-electron chi connectivity index (χ1n) is 6.15. The summed E-state index contributed by atoms with van der Waals surface area (Å²) in [4.78, 5) is 11.7. The Morgan fingerprint density at radius 2 is 1.93 bits per heavy atom. The van der Waals surface area contributed by atoms with Crippen LogP contribution in [0.25, 0.3) is 0 Å². The van der Waals surface area contributed by atoms with Crippen LogP contribution < -0.4 is 5.32 Å². The highest BCUT2D eigenvalue weighted by Gasteiger charge is 2.28. The van der Waals surface area contributed by atoms with E-state index < -0.39 is 0 Å². The number of hydrogen-bond donors (Lipinski definition) is 1. The number of halogens is 1. The molecule has 2 rings (SSSR count). The van der Waals surface area contributed by atoms with Crippen LogP contribution in [0.2, 0.25) is 0 Å². The molecule has 2 fully saturated rings. The van der Waals surface area contributed by atoms with Gasteiger partial charge in [0.15, 0.2) is 0 Å². The van der Waals surface area contributed by atoms with Crippen LogP contribution in [0, 0.1) is 11.8 Å². The molecule has 0 saturated heterocycles. The van der Waals surface area contributed by atoms with Crippen molar-refractivity contribution in [3.8, 4) is 0 Å². The van der Waals surface area contributed by atoms with E-state index in [1.807, 2.05) is 0 Å². The van der Waals surface area contributed by atoms with Crippen molar-refractivity contribution in [2.24, 2.45) is 11.8 Å². The summed E-state index contributed by atoms with van der Waals surface area (Å²) >= 11 is 3.53. The maximum absolute atomic E-state index is 11.7. The fourth-order valence-corrected chi connectivity index (χ4v) is 3.41. The highest BCUT2D eigenvalue weighted by molar-refractivity contribution is 9.09. The zero-order chi connectivity index (χ0) is 10.7. The molecule has 2 atom stereocenters. The number of rotatable bonds is 4. The third kappa shape index (κ3) is 2.96. The summed E-state index contributed by atoms with van der Waals surface area (Å²) in [5, 5.41) is 4.24. The molecular formula is C12H20BrNO. The standard InChI is InChI=1S/C12H20BrNO/c13-8-10-5-2-6-11(10)14-12(15)7-9-3-1-4-9/h9-11H,1-8H2,(H,14,15). The van der Waals surface area contributed by atoms with E-state index in [1.165, 1.54) is 38.5 Å². The molecule has 15 heavy (non-hydrogen) atoms. The molecule has 0 aromatic heterocycles. The smallest absolute Gasteiger partial charge is 0.220 e. The van der Waals surface area contributed by atoms with E-state index in [4.69, 9.17) is 0 Å². The summed E-state index contributed by atoms with van der Waals surface area (Å²) in [6.45, 7) is 0. The minimum absolute atomic E-state index is 0.289. The maximum Gasteiger partial charge on any atom is 0.220 e. The third-order valence-corrected chi connectivity index (χ3v) is 4.73. The van der Waals surface area contributed by atoms with Gasteiger partial charge in [-0.15, -0.1) is 0 Å². The van der Waals surface area contributed by atoms with E-state index in [2.05, 4.69) is 21.2 Å². The van der Waals surface area contributed by atoms with Gasteiger partial charge in [0.05, 0.1) is 0 Å². The van der Waals surface area contributed by atoms with Crippen molar-refractivity contribution in [1.29, 1.82) is 0 Å². The van der Waals surface area contributed by atoms with Gasteiger partial charge in [0.1, 0.15) is 0 Å². The molecule has 3 heteroatoms. The van der Waals surface area contributed by atoms with Gasteiger partial charge in [0, 0.05) is 17.8 Å². The van der Waals surface area contributed by atoms with Crippen LogP contribution in [-0.4, -0.2) is 17.3 Å². The topological polar surface area (TPSA) is 29.1 Å². The average molecular weight is 274 g/mol. The van der Waals surface area contributed by atoms with Crippen molar-refractivity contribution in [3.05, 3.63) is 0 Å². The molecule has 0 spiro atoms. The van der Waals surface area contributed by atoms with E-state index in [9.17, 15) is 4.79 Å². The fourth-order valence-electron chi connectivity index (χ4n) is 2.64. The van der Waals surface area contributed by atoms with Crippen LogP contribution in [0.1, 0.15) is 44.9 Å². The fraction of sp³-hybridized carbons (Fsp3) is 0.917. The lowest BCUT2D eigenvalue weighted by Crippen LogP contribution is -2.39. The molecule has 0 aromatic carbocycles. The molecule has 0 bridgehead atoms. The predicted octanol–water partition coefficient (Wildman–Crippen LogP) is 2.86. The van der Waals surface area contributed by atoms with Gasteiger partial charge in [-0.2, -0.15) is 0 Å². The SMILES string of the molecule is O=C(CC1CCC1)NC1CCCC1CBr. The molecular weight excluding hydrogens is 254 g/mol. The number of amides is 1. The quantitative estimate of drug-likeness (QED) is 0.785. The molecule has 0 aliphatic heterocycles. The first kappa shape index (κ1) is 11.4. The van der Waals surface area contributed by atoms with Crippen molar-refractivity contribution in [2.45, 2.75) is 51.0 Å². The molecule has 0 heterocycles. The van der Waals surface area contributed by atoms with Crippen LogP contribution in [0.15, 0.2) is 0 Å². The van der Waals surface area contributed by atoms with Crippen molar-refractivity contribution in [3.63, 3.8) is 0 Å². The molecule has 1 N–H and O–H groups in total. The molecule has 2 aliphatic rings. The van der Waals surface area contributed by atoms with Gasteiger partial charge in [-0.3, -0.25) is 4.79 Å². The third-order valence-electron chi connectivity index (χ3n) is 3.90. The Morgan fingerprint density at radius 3 is 2.53 bits per heavy atom. The zero-order valence-corrected chi connectivity index (χ0v) is 10.8. The molecule has 86 valence electrons. The van der Waals surface area contributed by atoms with Crippen molar-refractivity contribution >= 4 is 21.8 Å².